The molecule has 0 bridgehead atoms. The summed E-state index contributed by atoms with van der Waals surface area (Å²) in [7, 11) is 1.65. The fraction of sp³-hybridized carbons (Fsp3) is 0.789. The normalized spacial score (nSPS) is 23.8. The van der Waals surface area contributed by atoms with Gasteiger partial charge in [0.1, 0.15) is 11.5 Å². The molecule has 0 radical (unpaired) electrons. The molecule has 1 fully saturated rings. The minimum atomic E-state index is -0.765. The zero-order valence-corrected chi connectivity index (χ0v) is 17.3. The Bertz CT molecular complexity index is 640. The molecule has 2 unspecified atom stereocenters. The molecule has 0 aliphatic carbocycles. The minimum Gasteiger partial charge on any atom is -0.379 e. The number of fused-ring (bicyclic) bond motifs is 1. The molecular formula is C19H32N4O4. The molecular weight excluding hydrogens is 348 g/mol. The summed E-state index contributed by atoms with van der Waals surface area (Å²) in [6.45, 7) is 10.5. The number of amides is 3. The van der Waals surface area contributed by atoms with E-state index in [0.717, 1.165) is 5.71 Å². The predicted molar refractivity (Wildman–Crippen MR) is 102 cm³/mol. The highest BCUT2D eigenvalue weighted by molar-refractivity contribution is 6.13. The molecule has 152 valence electrons. The van der Waals surface area contributed by atoms with Crippen molar-refractivity contribution < 1.29 is 19.1 Å². The van der Waals surface area contributed by atoms with Gasteiger partial charge in [-0.25, -0.2) is 5.01 Å². The second-order valence-corrected chi connectivity index (χ2v) is 8.26. The van der Waals surface area contributed by atoms with Crippen molar-refractivity contribution in [2.75, 3.05) is 33.4 Å². The van der Waals surface area contributed by atoms with Gasteiger partial charge in [0, 0.05) is 38.6 Å². The van der Waals surface area contributed by atoms with Gasteiger partial charge in [-0.2, -0.15) is 5.10 Å². The number of carbonyl (C=O) groups is 3. The van der Waals surface area contributed by atoms with E-state index < -0.39 is 16.9 Å². The van der Waals surface area contributed by atoms with Crippen molar-refractivity contribution in [3.63, 3.8) is 0 Å². The van der Waals surface area contributed by atoms with E-state index in [0.29, 0.717) is 32.5 Å². The standard InChI is InChI=1S/C19H32N4O4/c1-7-19-12-23(10-9-14(19)21-22(6)17(19)26)15(24)13(11-27-8-2)20-16(25)18(3,4)5/h13H,7-12H2,1-6H3,(H,20,25). The van der Waals surface area contributed by atoms with Crippen LogP contribution in [0.5, 0.6) is 0 Å². The fourth-order valence-corrected chi connectivity index (χ4v) is 3.51. The van der Waals surface area contributed by atoms with Gasteiger partial charge in [0.25, 0.3) is 5.91 Å². The first-order valence-corrected chi connectivity index (χ1v) is 9.60. The molecule has 27 heavy (non-hydrogen) atoms. The maximum Gasteiger partial charge on any atom is 0.256 e. The molecule has 1 N–H and O–H groups in total. The second-order valence-electron chi connectivity index (χ2n) is 8.26. The molecule has 8 heteroatoms. The van der Waals surface area contributed by atoms with Crippen molar-refractivity contribution in [3.05, 3.63) is 0 Å². The number of nitrogens with zero attached hydrogens (tertiary/aromatic N) is 3. The van der Waals surface area contributed by atoms with Crippen LogP contribution in [0.2, 0.25) is 0 Å². The molecule has 0 saturated carbocycles. The Morgan fingerprint density at radius 2 is 2.00 bits per heavy atom. The van der Waals surface area contributed by atoms with Crippen molar-refractivity contribution in [2.45, 2.75) is 53.5 Å². The SMILES string of the molecule is CCOCC(NC(=O)C(C)(C)C)C(=O)N1CCC2=NN(C)C(=O)C2(CC)C1. The molecule has 0 aromatic heterocycles. The fourth-order valence-electron chi connectivity index (χ4n) is 3.51. The van der Waals surface area contributed by atoms with Crippen LogP contribution >= 0.6 is 0 Å². The van der Waals surface area contributed by atoms with Crippen LogP contribution in [0.1, 0.15) is 47.5 Å². The Balaban J connectivity index is 2.19. The van der Waals surface area contributed by atoms with E-state index in [-0.39, 0.29) is 24.3 Å². The Hall–Kier alpha value is -1.96. The summed E-state index contributed by atoms with van der Waals surface area (Å²) < 4.78 is 5.44. The number of ether oxygens (including phenoxy) is 1. The van der Waals surface area contributed by atoms with Crippen LogP contribution in [-0.4, -0.2) is 72.7 Å². The third-order valence-electron chi connectivity index (χ3n) is 5.29. The summed E-state index contributed by atoms with van der Waals surface area (Å²) in [5.74, 6) is -0.491. The van der Waals surface area contributed by atoms with Crippen LogP contribution in [-0.2, 0) is 19.1 Å². The molecule has 2 aliphatic heterocycles. The average Bonchev–Trinajstić information content (AvgIpc) is 2.87. The lowest BCUT2D eigenvalue weighted by atomic mass is 9.75. The molecule has 2 atom stereocenters. The first-order chi connectivity index (χ1) is 12.6. The number of likely N-dealkylation sites (tertiary alicyclic amines) is 1. The molecule has 0 aromatic carbocycles. The van der Waals surface area contributed by atoms with E-state index in [9.17, 15) is 14.4 Å². The Morgan fingerprint density at radius 1 is 1.33 bits per heavy atom. The van der Waals surface area contributed by atoms with Gasteiger partial charge in [-0.1, -0.05) is 27.7 Å². The van der Waals surface area contributed by atoms with Crippen LogP contribution in [0.3, 0.4) is 0 Å². The molecule has 1 saturated heterocycles. The van der Waals surface area contributed by atoms with E-state index in [2.05, 4.69) is 10.4 Å². The van der Waals surface area contributed by atoms with E-state index in [1.807, 2.05) is 13.8 Å². The van der Waals surface area contributed by atoms with E-state index in [4.69, 9.17) is 4.74 Å². The topological polar surface area (TPSA) is 91.3 Å². The highest BCUT2D eigenvalue weighted by Gasteiger charge is 2.52. The van der Waals surface area contributed by atoms with Gasteiger partial charge in [0.15, 0.2) is 0 Å². The van der Waals surface area contributed by atoms with Crippen LogP contribution in [0, 0.1) is 10.8 Å². The summed E-state index contributed by atoms with van der Waals surface area (Å²) in [6.07, 6.45) is 1.15. The van der Waals surface area contributed by atoms with Crippen molar-refractivity contribution in [3.8, 4) is 0 Å². The van der Waals surface area contributed by atoms with Crippen LogP contribution in [0.4, 0.5) is 0 Å². The van der Waals surface area contributed by atoms with Crippen LogP contribution in [0.15, 0.2) is 5.10 Å². The number of nitrogens with one attached hydrogen (secondary N) is 1. The third-order valence-corrected chi connectivity index (χ3v) is 5.29. The molecule has 2 heterocycles. The Morgan fingerprint density at radius 3 is 2.56 bits per heavy atom. The first-order valence-electron chi connectivity index (χ1n) is 9.60. The predicted octanol–water partition coefficient (Wildman–Crippen LogP) is 1.01. The van der Waals surface area contributed by atoms with Crippen molar-refractivity contribution in [1.82, 2.24) is 15.2 Å². The lowest BCUT2D eigenvalue weighted by Crippen LogP contribution is -2.59. The number of hydrazone groups is 1. The first kappa shape index (κ1) is 21.3. The maximum absolute atomic E-state index is 13.2. The van der Waals surface area contributed by atoms with Gasteiger partial charge in [0.05, 0.1) is 12.3 Å². The Labute approximate surface area is 161 Å². The number of piperidine rings is 1. The largest absolute Gasteiger partial charge is 0.379 e. The summed E-state index contributed by atoms with van der Waals surface area (Å²) >= 11 is 0. The van der Waals surface area contributed by atoms with Crippen molar-refractivity contribution in [2.24, 2.45) is 15.9 Å². The zero-order chi connectivity index (χ0) is 20.4. The third kappa shape index (κ3) is 4.15. The van der Waals surface area contributed by atoms with Gasteiger partial charge >= 0.3 is 0 Å². The van der Waals surface area contributed by atoms with Crippen LogP contribution in [0.25, 0.3) is 0 Å². The average molecular weight is 380 g/mol. The summed E-state index contributed by atoms with van der Waals surface area (Å²) in [6, 6.07) is -0.765. The quantitative estimate of drug-likeness (QED) is 0.744. The van der Waals surface area contributed by atoms with Crippen molar-refractivity contribution >= 4 is 23.4 Å². The van der Waals surface area contributed by atoms with Gasteiger partial charge in [-0.05, 0) is 13.3 Å². The lowest BCUT2D eigenvalue weighted by molar-refractivity contribution is -0.144. The van der Waals surface area contributed by atoms with E-state index in [1.165, 1.54) is 5.01 Å². The molecule has 2 aliphatic rings. The second kappa shape index (κ2) is 7.96. The number of hydrogen-bond acceptors (Lipinski definition) is 5. The molecule has 8 nitrogen and oxygen atoms in total. The summed E-state index contributed by atoms with van der Waals surface area (Å²) in [4.78, 5) is 39.9. The number of carbonyl (C=O) groups excluding carboxylic acids is 3. The monoisotopic (exact) mass is 380 g/mol. The number of hydrogen-bond donors (Lipinski definition) is 1. The highest BCUT2D eigenvalue weighted by Crippen LogP contribution is 2.37. The van der Waals surface area contributed by atoms with Crippen LogP contribution < -0.4 is 5.32 Å². The molecule has 2 rings (SSSR count). The Kier molecular flexibility index (Phi) is 6.29. The van der Waals surface area contributed by atoms with Gasteiger partial charge in [-0.3, -0.25) is 14.4 Å². The lowest BCUT2D eigenvalue weighted by Gasteiger charge is -2.40. The summed E-state index contributed by atoms with van der Waals surface area (Å²) in [5, 5.41) is 8.57. The maximum atomic E-state index is 13.2. The van der Waals surface area contributed by atoms with E-state index >= 15 is 0 Å². The van der Waals surface area contributed by atoms with Crippen molar-refractivity contribution in [1.29, 1.82) is 0 Å². The zero-order valence-electron chi connectivity index (χ0n) is 17.3. The van der Waals surface area contributed by atoms with E-state index in [1.54, 1.807) is 32.7 Å². The van der Waals surface area contributed by atoms with Gasteiger partial charge in [0.2, 0.25) is 11.8 Å². The number of rotatable bonds is 6. The smallest absolute Gasteiger partial charge is 0.256 e. The van der Waals surface area contributed by atoms with Gasteiger partial charge in [-0.15, -0.1) is 0 Å². The highest BCUT2D eigenvalue weighted by atomic mass is 16.5. The molecule has 0 spiro atoms. The summed E-state index contributed by atoms with van der Waals surface area (Å²) in [5.41, 5.74) is -0.504. The molecule has 0 aromatic rings. The van der Waals surface area contributed by atoms with Gasteiger partial charge < -0.3 is 15.0 Å². The minimum absolute atomic E-state index is 0.0717. The molecule has 3 amide bonds.